The molecular formula is C24H28N2O3. The zero-order valence-corrected chi connectivity index (χ0v) is 16.9. The second-order valence-electron chi connectivity index (χ2n) is 8.70. The van der Waals surface area contributed by atoms with Crippen LogP contribution in [0.2, 0.25) is 0 Å². The van der Waals surface area contributed by atoms with Gasteiger partial charge in [0.2, 0.25) is 0 Å². The number of rotatable bonds is 3. The van der Waals surface area contributed by atoms with Crippen LogP contribution in [-0.4, -0.2) is 41.0 Å². The Bertz CT molecular complexity index is 953. The van der Waals surface area contributed by atoms with Crippen LogP contribution in [0, 0.1) is 5.92 Å². The lowest BCUT2D eigenvalue weighted by molar-refractivity contribution is -0.140. The number of aryl methyl sites for hydroxylation is 1. The number of carbonyl (C=O) groups excluding carboxylic acids is 2. The Morgan fingerprint density at radius 3 is 2.79 bits per heavy atom. The van der Waals surface area contributed by atoms with Crippen LogP contribution in [0.1, 0.15) is 66.6 Å². The first-order chi connectivity index (χ1) is 14.2. The number of aromatic nitrogens is 1. The van der Waals surface area contributed by atoms with Crippen molar-refractivity contribution in [3.63, 3.8) is 0 Å². The van der Waals surface area contributed by atoms with E-state index in [2.05, 4.69) is 0 Å². The van der Waals surface area contributed by atoms with Gasteiger partial charge in [0.05, 0.1) is 11.1 Å². The van der Waals surface area contributed by atoms with E-state index in [0.29, 0.717) is 17.5 Å². The van der Waals surface area contributed by atoms with Gasteiger partial charge in [0.15, 0.2) is 6.61 Å². The molecule has 0 unspecified atom stereocenters. The Morgan fingerprint density at radius 1 is 1.03 bits per heavy atom. The second-order valence-corrected chi connectivity index (χ2v) is 8.70. The van der Waals surface area contributed by atoms with Crippen LogP contribution in [0.15, 0.2) is 24.3 Å². The molecule has 1 aromatic heterocycles. The van der Waals surface area contributed by atoms with Gasteiger partial charge in [-0.25, -0.2) is 4.79 Å². The van der Waals surface area contributed by atoms with Gasteiger partial charge in [-0.15, -0.1) is 0 Å². The number of esters is 1. The van der Waals surface area contributed by atoms with Gasteiger partial charge in [-0.1, -0.05) is 31.0 Å². The number of hydrogen-bond donors (Lipinski definition) is 0. The van der Waals surface area contributed by atoms with Gasteiger partial charge < -0.3 is 9.64 Å². The van der Waals surface area contributed by atoms with Crippen LogP contribution in [0.4, 0.5) is 0 Å². The predicted molar refractivity (Wildman–Crippen MR) is 111 cm³/mol. The molecule has 0 N–H and O–H groups in total. The maximum absolute atomic E-state index is 13.1. The molecule has 2 heterocycles. The van der Waals surface area contributed by atoms with E-state index in [1.165, 1.54) is 25.7 Å². The molecule has 5 rings (SSSR count). The van der Waals surface area contributed by atoms with Crippen LogP contribution in [0.5, 0.6) is 0 Å². The van der Waals surface area contributed by atoms with Gasteiger partial charge in [0, 0.05) is 23.7 Å². The zero-order chi connectivity index (χ0) is 19.8. The smallest absolute Gasteiger partial charge is 0.339 e. The number of fused-ring (bicyclic) bond motifs is 3. The van der Waals surface area contributed by atoms with Crippen molar-refractivity contribution < 1.29 is 14.3 Å². The molecule has 0 radical (unpaired) electrons. The highest BCUT2D eigenvalue weighted by atomic mass is 16.5. The van der Waals surface area contributed by atoms with E-state index in [0.717, 1.165) is 60.8 Å². The van der Waals surface area contributed by atoms with Crippen LogP contribution in [0.25, 0.3) is 10.9 Å². The van der Waals surface area contributed by atoms with E-state index in [9.17, 15) is 9.59 Å². The summed E-state index contributed by atoms with van der Waals surface area (Å²) in [6.07, 6.45) is 9.83. The fraction of sp³-hybridized carbons (Fsp3) is 0.542. The predicted octanol–water partition coefficient (Wildman–Crippen LogP) is 4.06. The molecule has 3 aliphatic rings. The number of amides is 1. The Balaban J connectivity index is 1.34. The maximum Gasteiger partial charge on any atom is 0.339 e. The van der Waals surface area contributed by atoms with Gasteiger partial charge in [-0.3, -0.25) is 9.78 Å². The van der Waals surface area contributed by atoms with Crippen LogP contribution >= 0.6 is 0 Å². The topological polar surface area (TPSA) is 59.5 Å². The molecule has 0 bridgehead atoms. The standard InChI is InChI=1S/C24H28N2O3/c27-22(26-14-6-8-16-7-1-4-13-21(16)26)15-29-24(28)23-17-9-2-3-11-19(17)25-20-12-5-10-18(20)23/h2-3,9,11,16,21H,1,4-8,10,12-15H2/t16-,21+/m0/s1. The van der Waals surface area contributed by atoms with Crippen molar-refractivity contribution >= 4 is 22.8 Å². The molecule has 1 aromatic carbocycles. The first-order valence-electron chi connectivity index (χ1n) is 11.1. The van der Waals surface area contributed by atoms with Crippen molar-refractivity contribution in [1.82, 2.24) is 9.88 Å². The number of nitrogens with zero attached hydrogens (tertiary/aromatic N) is 2. The van der Waals surface area contributed by atoms with Crippen LogP contribution in [-0.2, 0) is 22.4 Å². The molecule has 152 valence electrons. The Kier molecular flexibility index (Phi) is 4.98. The fourth-order valence-corrected chi connectivity index (χ4v) is 5.66. The Hall–Kier alpha value is -2.43. The minimum absolute atomic E-state index is 0.0371. The summed E-state index contributed by atoms with van der Waals surface area (Å²) < 4.78 is 5.60. The summed E-state index contributed by atoms with van der Waals surface area (Å²) in [5.74, 6) is 0.210. The average molecular weight is 392 g/mol. The lowest BCUT2D eigenvalue weighted by atomic mass is 9.78. The average Bonchev–Trinajstić information content (AvgIpc) is 3.23. The van der Waals surface area contributed by atoms with E-state index >= 15 is 0 Å². The van der Waals surface area contributed by atoms with E-state index < -0.39 is 0 Å². The third-order valence-electron chi connectivity index (χ3n) is 7.01. The quantitative estimate of drug-likeness (QED) is 0.739. The highest BCUT2D eigenvalue weighted by molar-refractivity contribution is 6.05. The number of ether oxygens (including phenoxy) is 1. The zero-order valence-electron chi connectivity index (χ0n) is 16.9. The summed E-state index contributed by atoms with van der Waals surface area (Å²) in [4.78, 5) is 32.7. The largest absolute Gasteiger partial charge is 0.452 e. The molecule has 2 aromatic rings. The number of carbonyl (C=O) groups is 2. The summed E-state index contributed by atoms with van der Waals surface area (Å²) in [5, 5.41) is 0.830. The molecule has 5 nitrogen and oxygen atoms in total. The van der Waals surface area contributed by atoms with Crippen molar-refractivity contribution in [2.24, 2.45) is 5.92 Å². The van der Waals surface area contributed by atoms with Crippen molar-refractivity contribution in [1.29, 1.82) is 0 Å². The normalized spacial score (nSPS) is 23.5. The first-order valence-corrected chi connectivity index (χ1v) is 11.1. The fourth-order valence-electron chi connectivity index (χ4n) is 5.66. The molecule has 1 aliphatic heterocycles. The summed E-state index contributed by atoms with van der Waals surface area (Å²) in [7, 11) is 0. The van der Waals surface area contributed by atoms with Crippen LogP contribution < -0.4 is 0 Å². The number of likely N-dealkylation sites (tertiary alicyclic amines) is 1. The van der Waals surface area contributed by atoms with Gasteiger partial charge in [0.1, 0.15) is 0 Å². The highest BCUT2D eigenvalue weighted by Crippen LogP contribution is 2.35. The third kappa shape index (κ3) is 3.41. The Labute approximate surface area is 171 Å². The van der Waals surface area contributed by atoms with Gasteiger partial charge in [-0.05, 0) is 62.5 Å². The third-order valence-corrected chi connectivity index (χ3v) is 7.01. The number of piperidine rings is 1. The minimum atomic E-state index is -0.382. The van der Waals surface area contributed by atoms with Crippen molar-refractivity contribution in [2.45, 2.75) is 63.8 Å². The summed E-state index contributed by atoms with van der Waals surface area (Å²) in [6.45, 7) is 0.638. The highest BCUT2D eigenvalue weighted by Gasteiger charge is 2.36. The molecule has 2 atom stereocenters. The monoisotopic (exact) mass is 392 g/mol. The summed E-state index contributed by atoms with van der Waals surface area (Å²) in [6, 6.07) is 8.06. The lowest BCUT2D eigenvalue weighted by Crippen LogP contribution is -2.50. The molecule has 2 fully saturated rings. The van der Waals surface area contributed by atoms with E-state index in [-0.39, 0.29) is 18.5 Å². The van der Waals surface area contributed by atoms with E-state index in [1.807, 2.05) is 29.2 Å². The molecule has 1 saturated heterocycles. The van der Waals surface area contributed by atoms with E-state index in [4.69, 9.17) is 9.72 Å². The summed E-state index contributed by atoms with van der Waals surface area (Å²) >= 11 is 0. The molecule has 5 heteroatoms. The first kappa shape index (κ1) is 18.6. The molecule has 1 amide bonds. The molecule has 2 aliphatic carbocycles. The van der Waals surface area contributed by atoms with Crippen molar-refractivity contribution in [3.05, 3.63) is 41.1 Å². The van der Waals surface area contributed by atoms with Gasteiger partial charge in [-0.2, -0.15) is 0 Å². The molecule has 29 heavy (non-hydrogen) atoms. The summed E-state index contributed by atoms with van der Waals surface area (Å²) in [5.41, 5.74) is 3.45. The minimum Gasteiger partial charge on any atom is -0.452 e. The van der Waals surface area contributed by atoms with Gasteiger partial charge in [0.25, 0.3) is 5.91 Å². The van der Waals surface area contributed by atoms with E-state index in [1.54, 1.807) is 0 Å². The molecule has 0 spiro atoms. The van der Waals surface area contributed by atoms with Crippen molar-refractivity contribution in [3.8, 4) is 0 Å². The molecule has 1 saturated carbocycles. The van der Waals surface area contributed by atoms with Gasteiger partial charge >= 0.3 is 5.97 Å². The molecular weight excluding hydrogens is 364 g/mol. The number of benzene rings is 1. The SMILES string of the molecule is O=C(OCC(=O)N1CCC[C@@H]2CCCC[C@H]21)c1c2c(nc3ccccc13)CCC2. The maximum atomic E-state index is 13.1. The van der Waals surface area contributed by atoms with Crippen LogP contribution in [0.3, 0.4) is 0 Å². The number of pyridine rings is 1. The number of para-hydroxylation sites is 1. The second kappa shape index (κ2) is 7.77. The number of hydrogen-bond acceptors (Lipinski definition) is 4. The Morgan fingerprint density at radius 2 is 1.86 bits per heavy atom. The van der Waals surface area contributed by atoms with Crippen molar-refractivity contribution in [2.75, 3.05) is 13.2 Å². The lowest BCUT2D eigenvalue weighted by Gasteiger charge is -2.44.